The Labute approximate surface area is 209 Å². The van der Waals surface area contributed by atoms with Crippen LogP contribution in [0.25, 0.3) is 0 Å². The molecular weight excluding hydrogens is 485 g/mol. The zero-order chi connectivity index (χ0) is 26.0. The van der Waals surface area contributed by atoms with Crippen LogP contribution in [0.4, 0.5) is 40.8 Å². The highest BCUT2D eigenvalue weighted by molar-refractivity contribution is 6.26. The number of para-hydroxylation sites is 1. The number of benzene rings is 3. The standard InChI is InChI=1S/C27H19F3N4O3/c28-27(29,30)18-5-4-8-21(15-18)33-17-25(35)34(26(33)36)20-9-11-22(12-10-20)37-23-13-14-31-24(16-23)32-19-6-2-1-3-7-19/h1-16H,17H2,(H,31,32). The van der Waals surface area contributed by atoms with Gasteiger partial charge in [-0.25, -0.2) is 14.7 Å². The first-order chi connectivity index (χ1) is 17.8. The van der Waals surface area contributed by atoms with E-state index >= 15 is 0 Å². The molecule has 37 heavy (non-hydrogen) atoms. The number of urea groups is 1. The normalized spacial score (nSPS) is 13.7. The second-order valence-electron chi connectivity index (χ2n) is 8.11. The number of nitrogens with one attached hydrogen (secondary N) is 1. The molecule has 0 radical (unpaired) electrons. The van der Waals surface area contributed by atoms with Gasteiger partial charge in [0, 0.05) is 23.6 Å². The van der Waals surface area contributed by atoms with Crippen LogP contribution in [0.2, 0.25) is 0 Å². The molecule has 0 unspecified atom stereocenters. The molecule has 186 valence electrons. The molecule has 1 aromatic heterocycles. The summed E-state index contributed by atoms with van der Waals surface area (Å²) in [6.07, 6.45) is -2.97. The maximum Gasteiger partial charge on any atom is 0.416 e. The van der Waals surface area contributed by atoms with Crippen LogP contribution in [0.5, 0.6) is 11.5 Å². The van der Waals surface area contributed by atoms with E-state index in [4.69, 9.17) is 4.74 Å². The van der Waals surface area contributed by atoms with Crippen LogP contribution in [0.15, 0.2) is 97.2 Å². The van der Waals surface area contributed by atoms with Crippen molar-refractivity contribution in [1.82, 2.24) is 4.98 Å². The van der Waals surface area contributed by atoms with Gasteiger partial charge in [0.1, 0.15) is 23.9 Å². The molecule has 0 spiro atoms. The second kappa shape index (κ2) is 9.65. The molecule has 1 saturated heterocycles. The van der Waals surface area contributed by atoms with E-state index in [-0.39, 0.29) is 17.9 Å². The molecule has 1 aliphatic rings. The van der Waals surface area contributed by atoms with Gasteiger partial charge in [0.25, 0.3) is 5.91 Å². The van der Waals surface area contributed by atoms with Crippen LogP contribution in [0.3, 0.4) is 0 Å². The molecule has 3 amide bonds. The van der Waals surface area contributed by atoms with Crippen molar-refractivity contribution in [3.8, 4) is 11.5 Å². The molecule has 10 heteroatoms. The van der Waals surface area contributed by atoms with Crippen molar-refractivity contribution in [3.63, 3.8) is 0 Å². The zero-order valence-electron chi connectivity index (χ0n) is 19.1. The van der Waals surface area contributed by atoms with Crippen molar-refractivity contribution >= 4 is 34.8 Å². The van der Waals surface area contributed by atoms with Gasteiger partial charge in [-0.3, -0.25) is 9.69 Å². The molecule has 0 saturated carbocycles. The zero-order valence-corrected chi connectivity index (χ0v) is 19.1. The Morgan fingerprint density at radius 3 is 2.30 bits per heavy atom. The Balaban J connectivity index is 1.29. The highest BCUT2D eigenvalue weighted by atomic mass is 19.4. The summed E-state index contributed by atoms with van der Waals surface area (Å²) in [5.74, 6) is 1.00. The minimum absolute atomic E-state index is 0.00627. The number of ether oxygens (including phenoxy) is 1. The van der Waals surface area contributed by atoms with Crippen molar-refractivity contribution in [1.29, 1.82) is 0 Å². The highest BCUT2D eigenvalue weighted by Crippen LogP contribution is 2.34. The molecule has 1 aliphatic heterocycles. The number of alkyl halides is 3. The van der Waals surface area contributed by atoms with Gasteiger partial charge in [-0.05, 0) is 60.7 Å². The van der Waals surface area contributed by atoms with Crippen LogP contribution in [0.1, 0.15) is 5.56 Å². The van der Waals surface area contributed by atoms with E-state index in [1.54, 1.807) is 30.5 Å². The Hall–Kier alpha value is -4.86. The molecule has 3 aromatic carbocycles. The highest BCUT2D eigenvalue weighted by Gasteiger charge is 2.39. The molecule has 0 bridgehead atoms. The van der Waals surface area contributed by atoms with E-state index < -0.39 is 23.7 Å². The summed E-state index contributed by atoms with van der Waals surface area (Å²) >= 11 is 0. The smallest absolute Gasteiger partial charge is 0.416 e. The topological polar surface area (TPSA) is 74.8 Å². The third kappa shape index (κ3) is 5.22. The van der Waals surface area contributed by atoms with Gasteiger partial charge in [0.15, 0.2) is 0 Å². The van der Waals surface area contributed by atoms with Crippen molar-refractivity contribution in [2.24, 2.45) is 0 Å². The lowest BCUT2D eigenvalue weighted by atomic mass is 10.2. The molecule has 1 N–H and O–H groups in total. The van der Waals surface area contributed by atoms with Gasteiger partial charge in [-0.15, -0.1) is 0 Å². The van der Waals surface area contributed by atoms with Gasteiger partial charge in [0.2, 0.25) is 0 Å². The number of aromatic nitrogens is 1. The monoisotopic (exact) mass is 504 g/mol. The first-order valence-electron chi connectivity index (χ1n) is 11.2. The number of rotatable bonds is 6. The fraction of sp³-hybridized carbons (Fsp3) is 0.0741. The van der Waals surface area contributed by atoms with Gasteiger partial charge in [-0.1, -0.05) is 24.3 Å². The molecule has 1 fully saturated rings. The number of carbonyl (C=O) groups is 2. The van der Waals surface area contributed by atoms with E-state index in [9.17, 15) is 22.8 Å². The summed E-state index contributed by atoms with van der Waals surface area (Å²) in [6, 6.07) is 22.8. The summed E-state index contributed by atoms with van der Waals surface area (Å²) in [7, 11) is 0. The van der Waals surface area contributed by atoms with Crippen molar-refractivity contribution in [2.45, 2.75) is 6.18 Å². The van der Waals surface area contributed by atoms with E-state index in [2.05, 4.69) is 10.3 Å². The average Bonchev–Trinajstić information content (AvgIpc) is 3.19. The lowest BCUT2D eigenvalue weighted by molar-refractivity contribution is -0.137. The number of amides is 3. The minimum atomic E-state index is -4.56. The van der Waals surface area contributed by atoms with Gasteiger partial charge in [0.05, 0.1) is 11.3 Å². The summed E-state index contributed by atoms with van der Waals surface area (Å²) in [5, 5.41) is 3.18. The maximum absolute atomic E-state index is 13.1. The molecule has 0 aliphatic carbocycles. The third-order valence-electron chi connectivity index (χ3n) is 5.56. The van der Waals surface area contributed by atoms with Gasteiger partial charge < -0.3 is 10.1 Å². The predicted molar refractivity (Wildman–Crippen MR) is 132 cm³/mol. The molecule has 0 atom stereocenters. The Morgan fingerprint density at radius 1 is 0.811 bits per heavy atom. The Kier molecular flexibility index (Phi) is 6.22. The lowest BCUT2D eigenvalue weighted by Gasteiger charge is -2.18. The van der Waals surface area contributed by atoms with Gasteiger partial charge in [-0.2, -0.15) is 13.2 Å². The number of imide groups is 1. The van der Waals surface area contributed by atoms with Crippen LogP contribution >= 0.6 is 0 Å². The predicted octanol–water partition coefficient (Wildman–Crippen LogP) is 6.61. The van der Waals surface area contributed by atoms with Crippen LogP contribution in [-0.2, 0) is 11.0 Å². The SMILES string of the molecule is O=C1CN(c2cccc(C(F)(F)F)c2)C(=O)N1c1ccc(Oc2ccnc(Nc3ccccc3)c2)cc1. The Morgan fingerprint density at radius 2 is 1.57 bits per heavy atom. The van der Waals surface area contributed by atoms with Crippen molar-refractivity contribution in [2.75, 3.05) is 21.7 Å². The van der Waals surface area contributed by atoms with Crippen LogP contribution in [0, 0.1) is 0 Å². The lowest BCUT2D eigenvalue weighted by Crippen LogP contribution is -2.33. The third-order valence-corrected chi connectivity index (χ3v) is 5.56. The number of halogens is 3. The van der Waals surface area contributed by atoms with E-state index in [1.165, 1.54) is 24.3 Å². The number of pyridine rings is 1. The van der Waals surface area contributed by atoms with Gasteiger partial charge >= 0.3 is 12.2 Å². The summed E-state index contributed by atoms with van der Waals surface area (Å²) in [5.41, 5.74) is 0.241. The van der Waals surface area contributed by atoms with Crippen molar-refractivity contribution < 1.29 is 27.5 Å². The Bertz CT molecular complexity index is 1440. The maximum atomic E-state index is 13.1. The summed E-state index contributed by atoms with van der Waals surface area (Å²) in [6.45, 7) is -0.368. The first kappa shape index (κ1) is 23.9. The van der Waals surface area contributed by atoms with Crippen LogP contribution < -0.4 is 19.9 Å². The largest absolute Gasteiger partial charge is 0.457 e. The fourth-order valence-corrected chi connectivity index (χ4v) is 3.82. The van der Waals surface area contributed by atoms with E-state index in [0.717, 1.165) is 27.6 Å². The number of carbonyl (C=O) groups excluding carboxylic acids is 2. The molecular formula is C27H19F3N4O3. The average molecular weight is 504 g/mol. The number of hydrogen-bond donors (Lipinski definition) is 1. The molecule has 4 aromatic rings. The number of hydrogen-bond acceptors (Lipinski definition) is 5. The molecule has 5 rings (SSSR count). The number of anilines is 4. The van der Waals surface area contributed by atoms with Crippen LogP contribution in [-0.4, -0.2) is 23.5 Å². The number of nitrogens with zero attached hydrogens (tertiary/aromatic N) is 3. The van der Waals surface area contributed by atoms with Crippen molar-refractivity contribution in [3.05, 3.63) is 103 Å². The van der Waals surface area contributed by atoms with E-state index in [1.807, 2.05) is 30.3 Å². The second-order valence-corrected chi connectivity index (χ2v) is 8.11. The molecule has 7 nitrogen and oxygen atoms in total. The first-order valence-corrected chi connectivity index (χ1v) is 11.2. The summed E-state index contributed by atoms with van der Waals surface area (Å²) < 4.78 is 45.1. The summed E-state index contributed by atoms with van der Waals surface area (Å²) in [4.78, 5) is 31.8. The van der Waals surface area contributed by atoms with E-state index in [0.29, 0.717) is 17.3 Å². The minimum Gasteiger partial charge on any atom is -0.457 e. The molecule has 2 heterocycles. The quantitative estimate of drug-likeness (QED) is 0.299. The fourth-order valence-electron chi connectivity index (χ4n) is 3.82.